The van der Waals surface area contributed by atoms with Gasteiger partial charge in [-0.2, -0.15) is 0 Å². The van der Waals surface area contributed by atoms with Gasteiger partial charge in [0.05, 0.1) is 0 Å². The highest BCUT2D eigenvalue weighted by Crippen LogP contribution is 2.33. The Labute approximate surface area is 102 Å². The molecular formula is C15H14BN. The predicted molar refractivity (Wildman–Crippen MR) is 75.7 cm³/mol. The first-order valence-corrected chi connectivity index (χ1v) is 5.98. The SMILES string of the molecule is CB1C=Cc2ccccc2N1c1ccccc1. The third kappa shape index (κ3) is 1.76. The van der Waals surface area contributed by atoms with E-state index in [0.717, 1.165) is 0 Å². The highest BCUT2D eigenvalue weighted by Gasteiger charge is 2.22. The normalized spacial score (nSPS) is 13.7. The molecule has 0 atom stereocenters. The van der Waals surface area contributed by atoms with E-state index in [-0.39, 0.29) is 0 Å². The van der Waals surface area contributed by atoms with Crippen molar-refractivity contribution >= 4 is 24.3 Å². The molecule has 2 heteroatoms. The third-order valence-corrected chi connectivity index (χ3v) is 3.19. The van der Waals surface area contributed by atoms with E-state index in [9.17, 15) is 0 Å². The molecule has 1 heterocycles. The van der Waals surface area contributed by atoms with Gasteiger partial charge < -0.3 is 4.81 Å². The van der Waals surface area contributed by atoms with Crippen molar-refractivity contribution in [2.45, 2.75) is 6.82 Å². The van der Waals surface area contributed by atoms with Gasteiger partial charge in [0, 0.05) is 11.4 Å². The molecule has 0 saturated heterocycles. The number of anilines is 2. The van der Waals surface area contributed by atoms with Crippen LogP contribution in [0.3, 0.4) is 0 Å². The first-order valence-electron chi connectivity index (χ1n) is 5.98. The highest BCUT2D eigenvalue weighted by atomic mass is 15.1. The Bertz CT molecular complexity index is 548. The molecule has 17 heavy (non-hydrogen) atoms. The van der Waals surface area contributed by atoms with Crippen molar-refractivity contribution < 1.29 is 0 Å². The average Bonchev–Trinajstić information content (AvgIpc) is 2.39. The second-order valence-corrected chi connectivity index (χ2v) is 4.36. The van der Waals surface area contributed by atoms with E-state index in [1.807, 2.05) is 0 Å². The standard InChI is InChI=1S/C15H14BN/c1-16-12-11-13-7-5-6-10-15(13)17(16)14-8-3-2-4-9-14/h2-12H,1H3. The molecule has 2 aromatic carbocycles. The molecular weight excluding hydrogens is 205 g/mol. The summed E-state index contributed by atoms with van der Waals surface area (Å²) in [4.78, 5) is 2.37. The quantitative estimate of drug-likeness (QED) is 0.655. The van der Waals surface area contributed by atoms with Crippen LogP contribution in [-0.4, -0.2) is 6.85 Å². The molecule has 0 fully saturated rings. The molecule has 0 radical (unpaired) electrons. The zero-order valence-electron chi connectivity index (χ0n) is 9.88. The predicted octanol–water partition coefficient (Wildman–Crippen LogP) is 4.01. The molecule has 0 saturated carbocycles. The lowest BCUT2D eigenvalue weighted by molar-refractivity contribution is 1.35. The van der Waals surface area contributed by atoms with Crippen molar-refractivity contribution in [1.29, 1.82) is 0 Å². The van der Waals surface area contributed by atoms with Crippen LogP contribution in [0, 0.1) is 0 Å². The van der Waals surface area contributed by atoms with Crippen LogP contribution in [-0.2, 0) is 0 Å². The van der Waals surface area contributed by atoms with Crippen molar-refractivity contribution in [3.8, 4) is 0 Å². The van der Waals surface area contributed by atoms with E-state index in [2.05, 4.69) is 78.3 Å². The van der Waals surface area contributed by atoms with Gasteiger partial charge in [-0.15, -0.1) is 0 Å². The first-order chi connectivity index (χ1) is 8.36. The fourth-order valence-electron chi connectivity index (χ4n) is 2.36. The van der Waals surface area contributed by atoms with Gasteiger partial charge in [0.1, 0.15) is 0 Å². The molecule has 0 N–H and O–H groups in total. The van der Waals surface area contributed by atoms with Crippen LogP contribution >= 0.6 is 0 Å². The Morgan fingerprint density at radius 2 is 1.59 bits per heavy atom. The fraction of sp³-hybridized carbons (Fsp3) is 0.0667. The Kier molecular flexibility index (Phi) is 2.48. The molecule has 0 bridgehead atoms. The summed E-state index contributed by atoms with van der Waals surface area (Å²) in [5.41, 5.74) is 3.82. The topological polar surface area (TPSA) is 3.24 Å². The maximum atomic E-state index is 2.37. The van der Waals surface area contributed by atoms with Gasteiger partial charge in [0.15, 0.2) is 0 Å². The van der Waals surface area contributed by atoms with Gasteiger partial charge in [0.2, 0.25) is 0 Å². The summed E-state index contributed by atoms with van der Waals surface area (Å²) in [6, 6.07) is 19.1. The third-order valence-electron chi connectivity index (χ3n) is 3.19. The highest BCUT2D eigenvalue weighted by molar-refractivity contribution is 6.70. The molecule has 0 aliphatic carbocycles. The largest absolute Gasteiger partial charge is 0.382 e. The number of fused-ring (bicyclic) bond motifs is 1. The molecule has 1 aliphatic heterocycles. The van der Waals surface area contributed by atoms with E-state index in [4.69, 9.17) is 0 Å². The molecule has 1 nitrogen and oxygen atoms in total. The maximum absolute atomic E-state index is 2.37. The number of hydrogen-bond acceptors (Lipinski definition) is 1. The van der Waals surface area contributed by atoms with Crippen LogP contribution < -0.4 is 4.81 Å². The minimum Gasteiger partial charge on any atom is -0.382 e. The van der Waals surface area contributed by atoms with Crippen molar-refractivity contribution in [1.82, 2.24) is 0 Å². The lowest BCUT2D eigenvalue weighted by Crippen LogP contribution is -2.33. The number of benzene rings is 2. The Morgan fingerprint density at radius 1 is 0.882 bits per heavy atom. The Balaban J connectivity index is 2.13. The zero-order valence-corrected chi connectivity index (χ0v) is 9.88. The van der Waals surface area contributed by atoms with E-state index in [1.165, 1.54) is 16.9 Å². The lowest BCUT2D eigenvalue weighted by atomic mass is 9.60. The summed E-state index contributed by atoms with van der Waals surface area (Å²) in [5.74, 6) is 2.25. The molecule has 82 valence electrons. The van der Waals surface area contributed by atoms with Crippen LogP contribution in [0.15, 0.2) is 60.6 Å². The van der Waals surface area contributed by atoms with E-state index < -0.39 is 0 Å². The van der Waals surface area contributed by atoms with Crippen molar-refractivity contribution in [3.05, 3.63) is 66.1 Å². The zero-order chi connectivity index (χ0) is 11.7. The van der Waals surface area contributed by atoms with Crippen molar-refractivity contribution in [2.75, 3.05) is 4.81 Å². The number of rotatable bonds is 1. The molecule has 0 unspecified atom stereocenters. The lowest BCUT2D eigenvalue weighted by Gasteiger charge is -2.32. The minimum absolute atomic E-state index is 0.396. The Hall–Kier alpha value is -1.96. The summed E-state index contributed by atoms with van der Waals surface area (Å²) in [5, 5.41) is 0. The number of hydrogen-bond donors (Lipinski definition) is 0. The fourth-order valence-corrected chi connectivity index (χ4v) is 2.36. The van der Waals surface area contributed by atoms with Gasteiger partial charge in [-0.25, -0.2) is 0 Å². The average molecular weight is 219 g/mol. The van der Waals surface area contributed by atoms with E-state index >= 15 is 0 Å². The van der Waals surface area contributed by atoms with Gasteiger partial charge >= 0.3 is 0 Å². The van der Waals surface area contributed by atoms with E-state index in [1.54, 1.807) is 0 Å². The second-order valence-electron chi connectivity index (χ2n) is 4.36. The monoisotopic (exact) mass is 219 g/mol. The first kappa shape index (κ1) is 10.2. The van der Waals surface area contributed by atoms with Gasteiger partial charge in [-0.05, 0) is 23.8 Å². The Morgan fingerprint density at radius 3 is 2.41 bits per heavy atom. The van der Waals surface area contributed by atoms with E-state index in [0.29, 0.717) is 6.85 Å². The number of nitrogens with zero attached hydrogens (tertiary/aromatic N) is 1. The van der Waals surface area contributed by atoms with Gasteiger partial charge in [-0.3, -0.25) is 0 Å². The maximum Gasteiger partial charge on any atom is 0.283 e. The summed E-state index contributed by atoms with van der Waals surface area (Å²) in [6.45, 7) is 2.62. The van der Waals surface area contributed by atoms with Crippen LogP contribution in [0.2, 0.25) is 6.82 Å². The minimum atomic E-state index is 0.396. The summed E-state index contributed by atoms with van der Waals surface area (Å²) < 4.78 is 0. The smallest absolute Gasteiger partial charge is 0.283 e. The summed E-state index contributed by atoms with van der Waals surface area (Å²) in [6.07, 6.45) is 2.21. The molecule has 3 rings (SSSR count). The van der Waals surface area contributed by atoms with Gasteiger partial charge in [0.25, 0.3) is 6.85 Å². The van der Waals surface area contributed by atoms with Gasteiger partial charge in [-0.1, -0.05) is 55.3 Å². The summed E-state index contributed by atoms with van der Waals surface area (Å²) in [7, 11) is 0. The van der Waals surface area contributed by atoms with Crippen LogP contribution in [0.5, 0.6) is 0 Å². The van der Waals surface area contributed by atoms with Crippen LogP contribution in [0.1, 0.15) is 5.56 Å². The molecule has 0 spiro atoms. The number of para-hydroxylation sites is 2. The molecule has 1 aliphatic rings. The summed E-state index contributed by atoms with van der Waals surface area (Å²) >= 11 is 0. The second kappa shape index (κ2) is 4.13. The van der Waals surface area contributed by atoms with Crippen LogP contribution in [0.4, 0.5) is 11.4 Å². The molecule has 0 aromatic heterocycles. The van der Waals surface area contributed by atoms with Crippen LogP contribution in [0.25, 0.3) is 6.08 Å². The van der Waals surface area contributed by atoms with Crippen molar-refractivity contribution in [3.63, 3.8) is 0 Å². The molecule has 0 amide bonds. The van der Waals surface area contributed by atoms with Crippen molar-refractivity contribution in [2.24, 2.45) is 0 Å². The molecule has 2 aromatic rings.